The van der Waals surface area contributed by atoms with Crippen LogP contribution in [-0.4, -0.2) is 54.7 Å². The molecule has 2 N–H and O–H groups in total. The lowest BCUT2D eigenvalue weighted by Gasteiger charge is -2.19. The molecule has 2 heterocycles. The van der Waals surface area contributed by atoms with Crippen molar-refractivity contribution in [1.29, 1.82) is 0 Å². The van der Waals surface area contributed by atoms with Crippen LogP contribution < -0.4 is 25.2 Å². The molecular weight excluding hydrogens is 538 g/mol. The van der Waals surface area contributed by atoms with E-state index >= 15 is 4.39 Å². The number of alkyl halides is 3. The molecule has 4 rings (SSSR count). The molecule has 9 nitrogen and oxygen atoms in total. The number of carbonyl (C=O) groups is 2. The Bertz CT molecular complexity index is 1440. The number of anilines is 1. The number of aliphatic hydroxyl groups is 1. The summed E-state index contributed by atoms with van der Waals surface area (Å²) in [7, 11) is 1.38. The molecule has 1 aromatic heterocycles. The maximum absolute atomic E-state index is 15.1. The number of hydrogen-bond acceptors (Lipinski definition) is 6. The highest BCUT2D eigenvalue weighted by Crippen LogP contribution is 2.37. The quantitative estimate of drug-likeness (QED) is 0.388. The van der Waals surface area contributed by atoms with Crippen molar-refractivity contribution in [1.82, 2.24) is 9.88 Å². The van der Waals surface area contributed by atoms with Gasteiger partial charge in [0, 0.05) is 43.4 Å². The van der Waals surface area contributed by atoms with E-state index in [9.17, 15) is 32.7 Å². The molecule has 1 aliphatic rings. The second kappa shape index (κ2) is 11.8. The van der Waals surface area contributed by atoms with Crippen molar-refractivity contribution in [2.24, 2.45) is 5.92 Å². The summed E-state index contributed by atoms with van der Waals surface area (Å²) in [6.45, 7) is -0.597. The van der Waals surface area contributed by atoms with Crippen molar-refractivity contribution in [2.75, 3.05) is 31.7 Å². The number of pyridine rings is 1. The average Bonchev–Trinajstić information content (AvgIpc) is 3.23. The Morgan fingerprint density at radius 2 is 1.80 bits per heavy atom. The number of benzene rings is 2. The molecule has 1 aliphatic heterocycles. The van der Waals surface area contributed by atoms with Gasteiger partial charge in [-0.1, -0.05) is 6.07 Å². The van der Waals surface area contributed by atoms with Gasteiger partial charge in [-0.3, -0.25) is 14.4 Å². The Labute approximate surface area is 225 Å². The van der Waals surface area contributed by atoms with Crippen LogP contribution in [0, 0.1) is 11.7 Å². The molecule has 40 heavy (non-hydrogen) atoms. The van der Waals surface area contributed by atoms with Crippen LogP contribution in [0.25, 0.3) is 0 Å². The Kier molecular flexibility index (Phi) is 8.43. The van der Waals surface area contributed by atoms with Gasteiger partial charge in [0.05, 0.1) is 19.6 Å². The Morgan fingerprint density at radius 3 is 2.42 bits per heavy atom. The van der Waals surface area contributed by atoms with Gasteiger partial charge in [-0.2, -0.15) is 0 Å². The summed E-state index contributed by atoms with van der Waals surface area (Å²) in [5.74, 6) is -3.84. The summed E-state index contributed by atoms with van der Waals surface area (Å²) in [4.78, 5) is 40.5. The predicted molar refractivity (Wildman–Crippen MR) is 135 cm³/mol. The van der Waals surface area contributed by atoms with Crippen LogP contribution in [-0.2, 0) is 11.3 Å². The Hall–Kier alpha value is -4.39. The van der Waals surface area contributed by atoms with Gasteiger partial charge in [0.25, 0.3) is 11.5 Å². The van der Waals surface area contributed by atoms with Gasteiger partial charge in [0.1, 0.15) is 23.0 Å². The number of carbonyl (C=O) groups excluding carboxylic acids is 2. The zero-order chi connectivity index (χ0) is 29.0. The first kappa shape index (κ1) is 28.6. The van der Waals surface area contributed by atoms with E-state index in [1.807, 2.05) is 0 Å². The molecule has 0 spiro atoms. The first-order valence-corrected chi connectivity index (χ1v) is 12.1. The minimum atomic E-state index is -4.88. The fraction of sp³-hybridized carbons (Fsp3) is 0.296. The SMILES string of the molecule is COc1ccc([C@@H]2CN(c3cccn(CCO)c3=O)C(=O)C2CNC(=O)c2ccc(OC(F)(F)F)cc2)c(F)c1. The van der Waals surface area contributed by atoms with Crippen molar-refractivity contribution < 1.29 is 41.7 Å². The van der Waals surface area contributed by atoms with Gasteiger partial charge in [0.2, 0.25) is 5.91 Å². The number of hydrogen-bond donors (Lipinski definition) is 2. The topological polar surface area (TPSA) is 110 Å². The molecular formula is C27H25F4N3O6. The molecule has 1 fully saturated rings. The van der Waals surface area contributed by atoms with Gasteiger partial charge in [-0.15, -0.1) is 13.2 Å². The van der Waals surface area contributed by atoms with E-state index in [1.165, 1.54) is 47.0 Å². The second-order valence-electron chi connectivity index (χ2n) is 8.95. The number of rotatable bonds is 9. The van der Waals surface area contributed by atoms with Crippen molar-refractivity contribution in [3.63, 3.8) is 0 Å². The normalized spacial score (nSPS) is 17.1. The summed E-state index contributed by atoms with van der Waals surface area (Å²) in [5, 5.41) is 11.8. The van der Waals surface area contributed by atoms with Crippen LogP contribution in [0.5, 0.6) is 11.5 Å². The van der Waals surface area contributed by atoms with Crippen molar-refractivity contribution in [2.45, 2.75) is 18.8 Å². The molecule has 0 bridgehead atoms. The highest BCUT2D eigenvalue weighted by molar-refractivity contribution is 5.99. The number of ether oxygens (including phenoxy) is 2. The summed E-state index contributed by atoms with van der Waals surface area (Å²) < 4.78 is 62.4. The van der Waals surface area contributed by atoms with E-state index in [2.05, 4.69) is 10.1 Å². The molecule has 2 aromatic carbocycles. The summed E-state index contributed by atoms with van der Waals surface area (Å²) >= 11 is 0. The van der Waals surface area contributed by atoms with Crippen LogP contribution in [0.4, 0.5) is 23.2 Å². The first-order valence-electron chi connectivity index (χ1n) is 12.1. The number of methoxy groups -OCH3 is 1. The van der Waals surface area contributed by atoms with Gasteiger partial charge in [-0.05, 0) is 48.0 Å². The fourth-order valence-electron chi connectivity index (χ4n) is 4.61. The van der Waals surface area contributed by atoms with Crippen molar-refractivity contribution in [3.8, 4) is 11.5 Å². The molecule has 0 aliphatic carbocycles. The number of nitrogens with one attached hydrogen (secondary N) is 1. The van der Waals surface area contributed by atoms with E-state index in [0.717, 1.165) is 24.3 Å². The van der Waals surface area contributed by atoms with Crippen LogP contribution >= 0.6 is 0 Å². The maximum atomic E-state index is 15.1. The molecule has 2 atom stereocenters. The summed E-state index contributed by atoms with van der Waals surface area (Å²) in [6.07, 6.45) is -3.42. The van der Waals surface area contributed by atoms with Crippen molar-refractivity contribution >= 4 is 17.5 Å². The lowest BCUT2D eigenvalue weighted by atomic mass is 9.88. The van der Waals surface area contributed by atoms with Gasteiger partial charge in [-0.25, -0.2) is 4.39 Å². The monoisotopic (exact) mass is 563 g/mol. The number of nitrogens with zero attached hydrogens (tertiary/aromatic N) is 2. The molecule has 1 saturated heterocycles. The maximum Gasteiger partial charge on any atom is 0.573 e. The van der Waals surface area contributed by atoms with E-state index < -0.39 is 47.1 Å². The molecule has 0 saturated carbocycles. The molecule has 1 unspecified atom stereocenters. The second-order valence-corrected chi connectivity index (χ2v) is 8.95. The largest absolute Gasteiger partial charge is 0.573 e. The summed E-state index contributed by atoms with van der Waals surface area (Å²) in [5.41, 5.74) is -0.297. The van der Waals surface area contributed by atoms with Gasteiger partial charge < -0.3 is 29.4 Å². The number of amides is 2. The fourth-order valence-corrected chi connectivity index (χ4v) is 4.61. The average molecular weight is 564 g/mol. The predicted octanol–water partition coefficient (Wildman–Crippen LogP) is 3.06. The van der Waals surface area contributed by atoms with Gasteiger partial charge >= 0.3 is 6.36 Å². The number of halogens is 4. The Morgan fingerprint density at radius 1 is 1.10 bits per heavy atom. The smallest absolute Gasteiger partial charge is 0.497 e. The van der Waals surface area contributed by atoms with Crippen molar-refractivity contribution in [3.05, 3.63) is 88.1 Å². The minimum Gasteiger partial charge on any atom is -0.497 e. The highest BCUT2D eigenvalue weighted by Gasteiger charge is 2.43. The third-order valence-corrected chi connectivity index (χ3v) is 6.52. The van der Waals surface area contributed by atoms with Crippen LogP contribution in [0.3, 0.4) is 0 Å². The molecule has 2 amide bonds. The molecule has 212 valence electrons. The standard InChI is InChI=1S/C27H25F4N3O6/c1-39-18-8-9-19(22(28)13-18)21-15-34(23-3-2-10-33(11-12-35)26(23)38)25(37)20(21)14-32-24(36)16-4-6-17(7-5-16)40-27(29,30)31/h2-10,13,20-21,35H,11-12,14-15H2,1H3,(H,32,36)/t20?,21-/m0/s1. The first-order chi connectivity index (χ1) is 19.0. The molecule has 13 heteroatoms. The van der Waals surface area contributed by atoms with Gasteiger partial charge in [0.15, 0.2) is 0 Å². The Balaban J connectivity index is 1.60. The third-order valence-electron chi connectivity index (χ3n) is 6.52. The number of aliphatic hydroxyl groups excluding tert-OH is 1. The van der Waals surface area contributed by atoms with Crippen LogP contribution in [0.2, 0.25) is 0 Å². The highest BCUT2D eigenvalue weighted by atomic mass is 19.4. The van der Waals surface area contributed by atoms with E-state index in [0.29, 0.717) is 0 Å². The zero-order valence-electron chi connectivity index (χ0n) is 21.2. The van der Waals surface area contributed by atoms with E-state index in [1.54, 1.807) is 6.07 Å². The van der Waals surface area contributed by atoms with Crippen LogP contribution in [0.1, 0.15) is 21.8 Å². The molecule has 0 radical (unpaired) electrons. The number of aromatic nitrogens is 1. The minimum absolute atomic E-state index is 0.0114. The van der Waals surface area contributed by atoms with E-state index in [-0.39, 0.29) is 48.8 Å². The lowest BCUT2D eigenvalue weighted by Crippen LogP contribution is -2.38. The third kappa shape index (κ3) is 6.25. The summed E-state index contributed by atoms with van der Waals surface area (Å²) in [6, 6.07) is 11.4. The molecule has 3 aromatic rings. The van der Waals surface area contributed by atoms with E-state index in [4.69, 9.17) is 4.74 Å². The zero-order valence-corrected chi connectivity index (χ0v) is 21.2. The lowest BCUT2D eigenvalue weighted by molar-refractivity contribution is -0.274. The van der Waals surface area contributed by atoms with Crippen LogP contribution in [0.15, 0.2) is 65.6 Å².